The largest absolute Gasteiger partial charge is 0.472 e. The van der Waals surface area contributed by atoms with Gasteiger partial charge in [0.15, 0.2) is 6.10 Å². The fourth-order valence-corrected chi connectivity index (χ4v) is 5.88. The quantitative estimate of drug-likeness (QED) is 0.0281. The fraction of sp³-hybridized carbons (Fsp3) is 0.795. The van der Waals surface area contributed by atoms with Crippen LogP contribution in [0.3, 0.4) is 0 Å². The maximum absolute atomic E-state index is 12.5. The number of esters is 2. The van der Waals surface area contributed by atoms with E-state index >= 15 is 0 Å². The van der Waals surface area contributed by atoms with E-state index in [1.165, 1.54) is 77.0 Å². The van der Waals surface area contributed by atoms with Crippen molar-refractivity contribution in [1.29, 1.82) is 0 Å². The first kappa shape index (κ1) is 47.2. The second kappa shape index (κ2) is 36.0. The number of unbranched alkanes of at least 4 members (excludes halogenated alkanes) is 17. The van der Waals surface area contributed by atoms with Gasteiger partial charge in [0, 0.05) is 19.4 Å². The molecule has 0 aromatic rings. The van der Waals surface area contributed by atoms with Gasteiger partial charge in [-0.2, -0.15) is 0 Å². The number of carbonyl (C=O) groups is 2. The predicted molar refractivity (Wildman–Crippen MR) is 201 cm³/mol. The van der Waals surface area contributed by atoms with Crippen molar-refractivity contribution in [3.63, 3.8) is 0 Å². The summed E-state index contributed by atoms with van der Waals surface area (Å²) in [6.45, 7) is 3.66. The van der Waals surface area contributed by atoms with Gasteiger partial charge in [0.2, 0.25) is 0 Å². The Morgan fingerprint density at radius 2 is 1.06 bits per heavy atom. The Labute approximate surface area is 299 Å². The minimum Gasteiger partial charge on any atom is -0.462 e. The van der Waals surface area contributed by atoms with Crippen LogP contribution in [0.5, 0.6) is 0 Å². The van der Waals surface area contributed by atoms with E-state index in [4.69, 9.17) is 24.3 Å². The molecule has 0 fully saturated rings. The summed E-state index contributed by atoms with van der Waals surface area (Å²) in [6, 6.07) is 0. The predicted octanol–water partition coefficient (Wildman–Crippen LogP) is 10.6. The van der Waals surface area contributed by atoms with E-state index in [2.05, 4.69) is 50.3 Å². The van der Waals surface area contributed by atoms with Crippen LogP contribution in [0.2, 0.25) is 0 Å². The molecule has 3 N–H and O–H groups in total. The second-order valence-electron chi connectivity index (χ2n) is 12.8. The van der Waals surface area contributed by atoms with Gasteiger partial charge in [-0.1, -0.05) is 140 Å². The van der Waals surface area contributed by atoms with Crippen LogP contribution in [0.4, 0.5) is 0 Å². The van der Waals surface area contributed by atoms with Crippen molar-refractivity contribution in [2.75, 3.05) is 26.4 Å². The van der Waals surface area contributed by atoms with Crippen LogP contribution in [0.25, 0.3) is 0 Å². The molecule has 9 nitrogen and oxygen atoms in total. The maximum Gasteiger partial charge on any atom is 0.472 e. The fourth-order valence-electron chi connectivity index (χ4n) is 5.11. The summed E-state index contributed by atoms with van der Waals surface area (Å²) in [5.74, 6) is -0.855. The highest BCUT2D eigenvalue weighted by Gasteiger charge is 2.25. The summed E-state index contributed by atoms with van der Waals surface area (Å²) in [6.07, 6.45) is 37.4. The van der Waals surface area contributed by atoms with Crippen LogP contribution < -0.4 is 5.73 Å². The van der Waals surface area contributed by atoms with Gasteiger partial charge in [0.05, 0.1) is 13.2 Å². The lowest BCUT2D eigenvalue weighted by atomic mass is 10.1. The summed E-state index contributed by atoms with van der Waals surface area (Å²) in [4.78, 5) is 34.7. The van der Waals surface area contributed by atoms with Crippen molar-refractivity contribution in [3.8, 4) is 0 Å². The molecule has 0 aliphatic heterocycles. The van der Waals surface area contributed by atoms with E-state index in [0.29, 0.717) is 6.42 Å². The van der Waals surface area contributed by atoms with Gasteiger partial charge in [0.25, 0.3) is 0 Å². The lowest BCUT2D eigenvalue weighted by Gasteiger charge is -2.19. The highest BCUT2D eigenvalue weighted by molar-refractivity contribution is 7.47. The number of phosphoric acid groups is 1. The summed E-state index contributed by atoms with van der Waals surface area (Å²) < 4.78 is 32.6. The molecule has 286 valence electrons. The lowest BCUT2D eigenvalue weighted by Crippen LogP contribution is -2.29. The number of phosphoric ester groups is 1. The van der Waals surface area contributed by atoms with E-state index in [9.17, 15) is 19.0 Å². The molecular weight excluding hydrogens is 641 g/mol. The Morgan fingerprint density at radius 1 is 0.612 bits per heavy atom. The molecule has 0 aromatic heterocycles. The number of carbonyl (C=O) groups excluding carboxylic acids is 2. The zero-order valence-electron chi connectivity index (χ0n) is 31.2. The average molecular weight is 714 g/mol. The molecule has 0 aliphatic carbocycles. The van der Waals surface area contributed by atoms with Crippen molar-refractivity contribution in [3.05, 3.63) is 36.5 Å². The van der Waals surface area contributed by atoms with E-state index < -0.39 is 26.5 Å². The molecule has 0 saturated carbocycles. The summed E-state index contributed by atoms with van der Waals surface area (Å²) in [5.41, 5.74) is 5.33. The highest BCUT2D eigenvalue weighted by atomic mass is 31.2. The van der Waals surface area contributed by atoms with Crippen molar-refractivity contribution < 1.29 is 37.6 Å². The number of rotatable bonds is 36. The monoisotopic (exact) mass is 713 g/mol. The Kier molecular flexibility index (Phi) is 34.7. The number of hydrogen-bond donors (Lipinski definition) is 2. The maximum atomic E-state index is 12.5. The Bertz CT molecular complexity index is 907. The number of nitrogens with two attached hydrogens (primary N) is 1. The smallest absolute Gasteiger partial charge is 0.462 e. The molecule has 2 atom stereocenters. The molecule has 49 heavy (non-hydrogen) atoms. The summed E-state index contributed by atoms with van der Waals surface area (Å²) >= 11 is 0. The third-order valence-electron chi connectivity index (χ3n) is 8.03. The van der Waals surface area contributed by atoms with Crippen LogP contribution >= 0.6 is 7.82 Å². The molecule has 0 rings (SSSR count). The van der Waals surface area contributed by atoms with Crippen molar-refractivity contribution in [2.45, 2.75) is 174 Å². The summed E-state index contributed by atoms with van der Waals surface area (Å²) in [7, 11) is -4.37. The third kappa shape index (κ3) is 35.8. The SMILES string of the molecule is CCCCC/C=C/C/C=C/C/C=C/CCCCCCC(=O)O[C@H](COC(=O)CCCCCCCCCCCCC)COP(=O)(O)OCCN. The molecule has 0 amide bonds. The Balaban J connectivity index is 4.26. The van der Waals surface area contributed by atoms with E-state index in [-0.39, 0.29) is 38.6 Å². The molecule has 0 radical (unpaired) electrons. The molecule has 1 unspecified atom stereocenters. The van der Waals surface area contributed by atoms with Crippen LogP contribution in [0, 0.1) is 0 Å². The van der Waals surface area contributed by atoms with Gasteiger partial charge in [-0.15, -0.1) is 0 Å². The zero-order chi connectivity index (χ0) is 36.1. The van der Waals surface area contributed by atoms with E-state index in [1.807, 2.05) is 0 Å². The first-order valence-corrected chi connectivity index (χ1v) is 21.0. The number of allylic oxidation sites excluding steroid dienone is 6. The molecule has 0 bridgehead atoms. The summed E-state index contributed by atoms with van der Waals surface area (Å²) in [5, 5.41) is 0. The first-order chi connectivity index (χ1) is 23.8. The van der Waals surface area contributed by atoms with Crippen LogP contribution in [0.15, 0.2) is 36.5 Å². The average Bonchev–Trinajstić information content (AvgIpc) is 3.08. The number of hydrogen-bond acceptors (Lipinski definition) is 8. The van der Waals surface area contributed by atoms with Crippen molar-refractivity contribution in [1.82, 2.24) is 0 Å². The third-order valence-corrected chi connectivity index (χ3v) is 9.01. The molecule has 0 aliphatic rings. The minimum atomic E-state index is -4.37. The molecule has 0 aromatic carbocycles. The standard InChI is InChI=1S/C39H72NO8P/c1-3-5-7-9-11-13-15-16-17-18-19-20-22-24-26-28-30-32-39(42)48-37(36-47-49(43,44)46-34-33-40)35-45-38(41)31-29-27-25-23-21-14-12-10-8-6-4-2/h11,13,16-17,19-20,37H,3-10,12,14-15,18,21-36,40H2,1-2H3,(H,43,44)/b13-11+,17-16+,20-19+/t37-/m1/s1. The van der Waals surface area contributed by atoms with E-state index in [0.717, 1.165) is 57.8 Å². The van der Waals surface area contributed by atoms with Gasteiger partial charge in [-0.25, -0.2) is 4.57 Å². The normalized spacial score (nSPS) is 13.8. The molecule has 0 spiro atoms. The van der Waals surface area contributed by atoms with Crippen LogP contribution in [0.1, 0.15) is 168 Å². The first-order valence-electron chi connectivity index (χ1n) is 19.5. The Hall–Kier alpha value is -1.77. The van der Waals surface area contributed by atoms with Crippen LogP contribution in [-0.4, -0.2) is 49.3 Å². The van der Waals surface area contributed by atoms with Gasteiger partial charge < -0.3 is 20.1 Å². The lowest BCUT2D eigenvalue weighted by molar-refractivity contribution is -0.161. The van der Waals surface area contributed by atoms with Crippen LogP contribution in [-0.2, 0) is 32.7 Å². The molecule has 0 heterocycles. The van der Waals surface area contributed by atoms with Gasteiger partial charge in [-0.05, 0) is 51.4 Å². The highest BCUT2D eigenvalue weighted by Crippen LogP contribution is 2.43. The minimum absolute atomic E-state index is 0.0496. The topological polar surface area (TPSA) is 134 Å². The molecular formula is C39H72NO8P. The molecule has 10 heteroatoms. The zero-order valence-corrected chi connectivity index (χ0v) is 32.1. The number of ether oxygens (including phenoxy) is 2. The van der Waals surface area contributed by atoms with Gasteiger partial charge in [0.1, 0.15) is 6.61 Å². The van der Waals surface area contributed by atoms with Gasteiger partial charge >= 0.3 is 19.8 Å². The Morgan fingerprint density at radius 3 is 1.61 bits per heavy atom. The second-order valence-corrected chi connectivity index (χ2v) is 14.3. The van der Waals surface area contributed by atoms with Crippen molar-refractivity contribution >= 4 is 19.8 Å². The van der Waals surface area contributed by atoms with Crippen molar-refractivity contribution in [2.24, 2.45) is 5.73 Å². The van der Waals surface area contributed by atoms with E-state index in [1.54, 1.807) is 0 Å². The van der Waals surface area contributed by atoms with Gasteiger partial charge in [-0.3, -0.25) is 18.6 Å². The molecule has 0 saturated heterocycles.